The van der Waals surface area contributed by atoms with Gasteiger partial charge in [0.05, 0.1) is 0 Å². The fraction of sp³-hybridized carbons (Fsp3) is 0.750. The van der Waals surface area contributed by atoms with Crippen molar-refractivity contribution < 1.29 is 27.2 Å². The molecule has 0 bridgehead atoms. The second-order valence-electron chi connectivity index (χ2n) is 3.39. The summed E-state index contributed by atoms with van der Waals surface area (Å²) in [7, 11) is 0. The second-order valence-corrected chi connectivity index (χ2v) is 3.39. The highest BCUT2D eigenvalue weighted by molar-refractivity contribution is 6.11. The lowest BCUT2D eigenvalue weighted by molar-refractivity contribution is -0.192. The van der Waals surface area contributed by atoms with Crippen LogP contribution in [-0.4, -0.2) is 34.6 Å². The number of hydrogen-bond donors (Lipinski definition) is 0. The number of amides is 2. The Balaban J connectivity index is 3.18. The highest BCUT2D eigenvalue weighted by Gasteiger charge is 2.76. The van der Waals surface area contributed by atoms with E-state index in [1.165, 1.54) is 13.8 Å². The topological polar surface area (TPSA) is 37.4 Å². The number of alkyl halides is 4. The molecule has 1 fully saturated rings. The van der Waals surface area contributed by atoms with Crippen molar-refractivity contribution in [1.29, 1.82) is 0 Å². The third kappa shape index (κ3) is 1.32. The molecule has 1 aliphatic heterocycles. The molecule has 2 amide bonds. The van der Waals surface area contributed by atoms with Crippen molar-refractivity contribution >= 4 is 11.8 Å². The Labute approximate surface area is 83.0 Å². The molecule has 1 atom stereocenters. The molecule has 0 aliphatic carbocycles. The van der Waals surface area contributed by atoms with E-state index >= 15 is 0 Å². The molecule has 1 aliphatic rings. The van der Waals surface area contributed by atoms with E-state index < -0.39 is 29.7 Å². The van der Waals surface area contributed by atoms with Crippen LogP contribution in [0.1, 0.15) is 20.3 Å². The SMILES string of the molecule is CCC(C)N1C(=O)C(F)(F)C(F)(F)C1=O. The summed E-state index contributed by atoms with van der Waals surface area (Å²) < 4.78 is 51.0. The largest absolute Gasteiger partial charge is 0.396 e. The summed E-state index contributed by atoms with van der Waals surface area (Å²) >= 11 is 0. The van der Waals surface area contributed by atoms with Crippen molar-refractivity contribution in [2.24, 2.45) is 0 Å². The van der Waals surface area contributed by atoms with Gasteiger partial charge in [-0.15, -0.1) is 0 Å². The lowest BCUT2D eigenvalue weighted by Gasteiger charge is -2.19. The number of carbonyl (C=O) groups excluding carboxylic acids is 2. The number of hydrogen-bond acceptors (Lipinski definition) is 2. The summed E-state index contributed by atoms with van der Waals surface area (Å²) in [6, 6.07) is -0.954. The van der Waals surface area contributed by atoms with Gasteiger partial charge in [0.15, 0.2) is 0 Å². The van der Waals surface area contributed by atoms with E-state index in [0.29, 0.717) is 0 Å². The van der Waals surface area contributed by atoms with Gasteiger partial charge < -0.3 is 0 Å². The minimum absolute atomic E-state index is 0.0556. The normalized spacial score (nSPS) is 25.9. The molecule has 0 N–H and O–H groups in total. The first-order valence-corrected chi connectivity index (χ1v) is 4.31. The van der Waals surface area contributed by atoms with Crippen molar-refractivity contribution in [1.82, 2.24) is 4.90 Å². The third-order valence-corrected chi connectivity index (χ3v) is 2.40. The van der Waals surface area contributed by atoms with Crippen LogP contribution in [0.5, 0.6) is 0 Å². The third-order valence-electron chi connectivity index (χ3n) is 2.40. The van der Waals surface area contributed by atoms with Crippen LogP contribution in [0.2, 0.25) is 0 Å². The molecule has 1 rings (SSSR count). The van der Waals surface area contributed by atoms with E-state index in [1.54, 1.807) is 0 Å². The average molecular weight is 227 g/mol. The summed E-state index contributed by atoms with van der Waals surface area (Å²) in [6.07, 6.45) is 0.142. The Bertz CT molecular complexity index is 290. The zero-order valence-electron chi connectivity index (χ0n) is 8.06. The van der Waals surface area contributed by atoms with Gasteiger partial charge in [-0.25, -0.2) is 0 Å². The monoisotopic (exact) mass is 227 g/mol. The van der Waals surface area contributed by atoms with E-state index in [1.807, 2.05) is 0 Å². The van der Waals surface area contributed by atoms with Crippen molar-refractivity contribution in [3.63, 3.8) is 0 Å². The molecule has 0 aromatic carbocycles. The van der Waals surface area contributed by atoms with Gasteiger partial charge in [-0.3, -0.25) is 14.5 Å². The molecular formula is C8H9F4NO2. The molecule has 1 saturated heterocycles. The highest BCUT2D eigenvalue weighted by atomic mass is 19.3. The number of halogens is 4. The minimum atomic E-state index is -4.92. The number of nitrogens with zero attached hydrogens (tertiary/aromatic N) is 1. The van der Waals surface area contributed by atoms with Crippen LogP contribution in [-0.2, 0) is 9.59 Å². The molecule has 15 heavy (non-hydrogen) atoms. The Morgan fingerprint density at radius 3 is 1.73 bits per heavy atom. The maximum Gasteiger partial charge on any atom is 0.396 e. The molecule has 1 unspecified atom stereocenters. The first-order chi connectivity index (χ1) is 6.67. The fourth-order valence-corrected chi connectivity index (χ4v) is 1.25. The van der Waals surface area contributed by atoms with E-state index in [2.05, 4.69) is 0 Å². The molecule has 0 saturated carbocycles. The van der Waals surface area contributed by atoms with Crippen LogP contribution in [0.4, 0.5) is 17.6 Å². The van der Waals surface area contributed by atoms with E-state index in [0.717, 1.165) is 0 Å². The zero-order valence-corrected chi connectivity index (χ0v) is 8.06. The molecule has 0 spiro atoms. The lowest BCUT2D eigenvalue weighted by Crippen LogP contribution is -2.43. The van der Waals surface area contributed by atoms with E-state index in [-0.39, 0.29) is 11.3 Å². The van der Waals surface area contributed by atoms with Gasteiger partial charge in [0, 0.05) is 6.04 Å². The quantitative estimate of drug-likeness (QED) is 0.528. The first kappa shape index (κ1) is 11.9. The summed E-state index contributed by atoms with van der Waals surface area (Å²) in [4.78, 5) is 21.8. The Morgan fingerprint density at radius 1 is 1.13 bits per heavy atom. The lowest BCUT2D eigenvalue weighted by atomic mass is 10.2. The molecule has 0 aromatic rings. The molecule has 86 valence electrons. The standard InChI is InChI=1S/C8H9F4NO2/c1-3-4(2)13-5(14)7(9,10)8(11,12)6(13)15/h4H,3H2,1-2H3. The second kappa shape index (κ2) is 3.18. The molecule has 7 heteroatoms. The number of likely N-dealkylation sites (tertiary alicyclic amines) is 1. The van der Waals surface area contributed by atoms with Crippen molar-refractivity contribution in [3.05, 3.63) is 0 Å². The Morgan fingerprint density at radius 2 is 1.47 bits per heavy atom. The van der Waals surface area contributed by atoms with Gasteiger partial charge in [0.25, 0.3) is 0 Å². The first-order valence-electron chi connectivity index (χ1n) is 4.31. The summed E-state index contributed by atoms with van der Waals surface area (Å²) in [5, 5.41) is 0. The predicted molar refractivity (Wildman–Crippen MR) is 41.5 cm³/mol. The fourth-order valence-electron chi connectivity index (χ4n) is 1.25. The Kier molecular flexibility index (Phi) is 2.53. The summed E-state index contributed by atoms with van der Waals surface area (Å²) in [5.41, 5.74) is 0. The molecule has 3 nitrogen and oxygen atoms in total. The summed E-state index contributed by atoms with van der Waals surface area (Å²) in [6.45, 7) is 2.76. The molecule has 0 radical (unpaired) electrons. The van der Waals surface area contributed by atoms with Crippen molar-refractivity contribution in [2.75, 3.05) is 0 Å². The van der Waals surface area contributed by atoms with E-state index in [9.17, 15) is 27.2 Å². The van der Waals surface area contributed by atoms with Gasteiger partial charge in [-0.05, 0) is 13.3 Å². The van der Waals surface area contributed by atoms with Crippen LogP contribution in [0, 0.1) is 0 Å². The van der Waals surface area contributed by atoms with Crippen LogP contribution >= 0.6 is 0 Å². The summed E-state index contributed by atoms with van der Waals surface area (Å²) in [5.74, 6) is -14.1. The van der Waals surface area contributed by atoms with Gasteiger partial charge >= 0.3 is 23.7 Å². The van der Waals surface area contributed by atoms with Gasteiger partial charge in [0.2, 0.25) is 0 Å². The maximum atomic E-state index is 12.8. The molecular weight excluding hydrogens is 218 g/mol. The van der Waals surface area contributed by atoms with Crippen LogP contribution in [0.25, 0.3) is 0 Å². The number of rotatable bonds is 2. The van der Waals surface area contributed by atoms with Crippen molar-refractivity contribution in [3.8, 4) is 0 Å². The van der Waals surface area contributed by atoms with Crippen LogP contribution < -0.4 is 0 Å². The average Bonchev–Trinajstić information content (AvgIpc) is 2.26. The smallest absolute Gasteiger partial charge is 0.269 e. The molecule has 1 heterocycles. The van der Waals surface area contributed by atoms with Crippen LogP contribution in [0.3, 0.4) is 0 Å². The molecule has 0 aromatic heterocycles. The van der Waals surface area contributed by atoms with Gasteiger partial charge in [0.1, 0.15) is 0 Å². The minimum Gasteiger partial charge on any atom is -0.269 e. The highest BCUT2D eigenvalue weighted by Crippen LogP contribution is 2.43. The van der Waals surface area contributed by atoms with Gasteiger partial charge in [-0.2, -0.15) is 17.6 Å². The Hall–Kier alpha value is -1.14. The number of carbonyl (C=O) groups is 2. The predicted octanol–water partition coefficient (Wildman–Crippen LogP) is 1.42. The van der Waals surface area contributed by atoms with Gasteiger partial charge in [-0.1, -0.05) is 6.92 Å². The zero-order chi connectivity index (χ0) is 12.0. The maximum absolute atomic E-state index is 12.8. The van der Waals surface area contributed by atoms with Crippen molar-refractivity contribution in [2.45, 2.75) is 38.2 Å². The van der Waals surface area contributed by atoms with E-state index in [4.69, 9.17) is 0 Å². The van der Waals surface area contributed by atoms with Crippen LogP contribution in [0.15, 0.2) is 0 Å². The number of imide groups is 1.